The van der Waals surface area contributed by atoms with E-state index in [9.17, 15) is 9.90 Å². The van der Waals surface area contributed by atoms with Crippen LogP contribution in [0, 0.1) is 0 Å². The van der Waals surface area contributed by atoms with Gasteiger partial charge in [0.15, 0.2) is 0 Å². The minimum Gasteiger partial charge on any atom is -0.506 e. The van der Waals surface area contributed by atoms with E-state index in [0.717, 1.165) is 22.9 Å². The molecule has 0 atom stereocenters. The summed E-state index contributed by atoms with van der Waals surface area (Å²) < 4.78 is 0.873. The Morgan fingerprint density at radius 1 is 1.20 bits per heavy atom. The second-order valence-electron chi connectivity index (χ2n) is 4.86. The van der Waals surface area contributed by atoms with Crippen LogP contribution in [0.1, 0.15) is 22.3 Å². The maximum Gasteiger partial charge on any atom is 0.258 e. The first-order valence-electron chi connectivity index (χ1n) is 6.55. The molecule has 2 aromatic carbocycles. The van der Waals surface area contributed by atoms with Crippen molar-refractivity contribution in [3.05, 3.63) is 58.1 Å². The molecule has 0 unspecified atom stereocenters. The molecule has 0 aromatic heterocycles. The summed E-state index contributed by atoms with van der Waals surface area (Å²) in [6, 6.07) is 12.7. The molecule has 1 heterocycles. The lowest BCUT2D eigenvalue weighted by molar-refractivity contribution is 0.0984. The Morgan fingerprint density at radius 2 is 2.00 bits per heavy atom. The van der Waals surface area contributed by atoms with Crippen LogP contribution in [-0.2, 0) is 6.42 Å². The number of anilines is 1. The van der Waals surface area contributed by atoms with E-state index in [1.54, 1.807) is 23.1 Å². The largest absolute Gasteiger partial charge is 0.506 e. The molecular weight excluding hydrogens is 318 g/mol. The number of carbonyl (C=O) groups excluding carboxylic acids is 1. The van der Waals surface area contributed by atoms with E-state index in [-0.39, 0.29) is 11.7 Å². The number of nitrogens with zero attached hydrogens (tertiary/aromatic N) is 1. The number of phenolic OH excluding ortho intramolecular Hbond substituents is 1. The third kappa shape index (κ3) is 2.31. The predicted octanol–water partition coefficient (Wildman–Crippen LogP) is 3.75. The Balaban J connectivity index is 2.03. The number of aromatic hydroxyl groups is 1. The number of fused-ring (bicyclic) bond motifs is 1. The molecule has 4 heteroatoms. The van der Waals surface area contributed by atoms with Crippen LogP contribution >= 0.6 is 15.9 Å². The molecule has 0 saturated heterocycles. The van der Waals surface area contributed by atoms with Gasteiger partial charge in [-0.3, -0.25) is 4.79 Å². The lowest BCUT2D eigenvalue weighted by Gasteiger charge is -2.30. The summed E-state index contributed by atoms with van der Waals surface area (Å²) in [7, 11) is 0. The number of amides is 1. The van der Waals surface area contributed by atoms with E-state index in [2.05, 4.69) is 15.9 Å². The zero-order valence-electron chi connectivity index (χ0n) is 10.8. The molecule has 2 aromatic rings. The highest BCUT2D eigenvalue weighted by Crippen LogP contribution is 2.36. The quantitative estimate of drug-likeness (QED) is 0.864. The van der Waals surface area contributed by atoms with Crippen LogP contribution in [-0.4, -0.2) is 17.6 Å². The van der Waals surface area contributed by atoms with Crippen LogP contribution in [0.2, 0.25) is 0 Å². The van der Waals surface area contributed by atoms with E-state index in [4.69, 9.17) is 0 Å². The zero-order chi connectivity index (χ0) is 14.1. The van der Waals surface area contributed by atoms with Crippen molar-refractivity contribution in [1.29, 1.82) is 0 Å². The number of hydrogen-bond acceptors (Lipinski definition) is 2. The molecule has 20 heavy (non-hydrogen) atoms. The Labute approximate surface area is 126 Å². The number of rotatable bonds is 1. The Morgan fingerprint density at radius 3 is 2.80 bits per heavy atom. The molecule has 1 N–H and O–H groups in total. The van der Waals surface area contributed by atoms with Crippen LogP contribution < -0.4 is 4.90 Å². The van der Waals surface area contributed by atoms with Crippen molar-refractivity contribution >= 4 is 27.5 Å². The molecule has 0 fully saturated rings. The molecule has 3 rings (SSSR count). The average molecular weight is 332 g/mol. The third-order valence-corrected chi connectivity index (χ3v) is 4.01. The third-order valence-electron chi connectivity index (χ3n) is 3.51. The summed E-state index contributed by atoms with van der Waals surface area (Å²) in [5.74, 6) is 0.0966. The van der Waals surface area contributed by atoms with Crippen molar-refractivity contribution in [3.63, 3.8) is 0 Å². The van der Waals surface area contributed by atoms with Gasteiger partial charge in [-0.15, -0.1) is 0 Å². The number of benzene rings is 2. The fourth-order valence-corrected chi connectivity index (χ4v) is 3.01. The van der Waals surface area contributed by atoms with Gasteiger partial charge in [0.25, 0.3) is 5.91 Å². The van der Waals surface area contributed by atoms with Crippen molar-refractivity contribution in [2.75, 3.05) is 11.4 Å². The van der Waals surface area contributed by atoms with Crippen LogP contribution in [0.25, 0.3) is 0 Å². The molecule has 0 bridgehead atoms. The Hall–Kier alpha value is -1.81. The van der Waals surface area contributed by atoms with E-state index in [1.165, 1.54) is 0 Å². The molecule has 1 aliphatic heterocycles. The first-order valence-corrected chi connectivity index (χ1v) is 7.34. The first-order chi connectivity index (χ1) is 9.66. The summed E-state index contributed by atoms with van der Waals surface area (Å²) in [4.78, 5) is 14.3. The number of hydrogen-bond donors (Lipinski definition) is 1. The molecule has 0 radical (unpaired) electrons. The van der Waals surface area contributed by atoms with Gasteiger partial charge in [0, 0.05) is 16.6 Å². The van der Waals surface area contributed by atoms with Gasteiger partial charge in [-0.2, -0.15) is 0 Å². The van der Waals surface area contributed by atoms with Gasteiger partial charge in [-0.1, -0.05) is 34.1 Å². The van der Waals surface area contributed by atoms with Crippen LogP contribution in [0.4, 0.5) is 5.69 Å². The standard InChI is InChI=1S/C16H14BrNO2/c17-13-7-1-5-12(10-13)16(20)18-9-3-6-11-4-2-8-14(19)15(11)18/h1-2,4-5,7-8,10,19H,3,6,9H2. The maximum absolute atomic E-state index is 12.7. The van der Waals surface area contributed by atoms with Gasteiger partial charge in [-0.25, -0.2) is 0 Å². The second kappa shape index (κ2) is 5.29. The SMILES string of the molecule is O=C(c1cccc(Br)c1)N1CCCc2cccc(O)c21. The fraction of sp³-hybridized carbons (Fsp3) is 0.188. The van der Waals surface area contributed by atoms with Gasteiger partial charge in [0.2, 0.25) is 0 Å². The fourth-order valence-electron chi connectivity index (χ4n) is 2.61. The number of para-hydroxylation sites is 1. The van der Waals surface area contributed by atoms with Gasteiger partial charge in [0.05, 0.1) is 5.69 Å². The summed E-state index contributed by atoms with van der Waals surface area (Å²) in [6.07, 6.45) is 1.81. The van der Waals surface area contributed by atoms with Crippen LogP contribution in [0.3, 0.4) is 0 Å². The number of phenols is 1. The van der Waals surface area contributed by atoms with E-state index < -0.39 is 0 Å². The van der Waals surface area contributed by atoms with Crippen LogP contribution in [0.5, 0.6) is 5.75 Å². The number of carbonyl (C=O) groups is 1. The molecule has 3 nitrogen and oxygen atoms in total. The normalized spacial score (nSPS) is 13.9. The van der Waals surface area contributed by atoms with Crippen molar-refractivity contribution in [3.8, 4) is 5.75 Å². The lowest BCUT2D eigenvalue weighted by atomic mass is 10.00. The average Bonchev–Trinajstić information content (AvgIpc) is 2.46. The molecule has 0 aliphatic carbocycles. The Bertz CT molecular complexity index is 669. The molecule has 0 saturated carbocycles. The summed E-state index contributed by atoms with van der Waals surface area (Å²) >= 11 is 3.38. The number of halogens is 1. The van der Waals surface area contributed by atoms with E-state index in [0.29, 0.717) is 17.8 Å². The minimum absolute atomic E-state index is 0.0752. The van der Waals surface area contributed by atoms with Crippen LogP contribution in [0.15, 0.2) is 46.9 Å². The smallest absolute Gasteiger partial charge is 0.258 e. The monoisotopic (exact) mass is 331 g/mol. The maximum atomic E-state index is 12.7. The Kier molecular flexibility index (Phi) is 3.49. The van der Waals surface area contributed by atoms with Gasteiger partial charge >= 0.3 is 0 Å². The highest BCUT2D eigenvalue weighted by Gasteiger charge is 2.26. The summed E-state index contributed by atoms with van der Waals surface area (Å²) in [6.45, 7) is 0.635. The highest BCUT2D eigenvalue weighted by atomic mass is 79.9. The molecule has 1 amide bonds. The highest BCUT2D eigenvalue weighted by molar-refractivity contribution is 9.10. The van der Waals surface area contributed by atoms with Crippen molar-refractivity contribution < 1.29 is 9.90 Å². The van der Waals surface area contributed by atoms with Crippen molar-refractivity contribution in [1.82, 2.24) is 0 Å². The number of aryl methyl sites for hydroxylation is 1. The zero-order valence-corrected chi connectivity index (χ0v) is 12.4. The molecule has 0 spiro atoms. The topological polar surface area (TPSA) is 40.5 Å². The van der Waals surface area contributed by atoms with Gasteiger partial charge in [0.1, 0.15) is 5.75 Å². The lowest BCUT2D eigenvalue weighted by Crippen LogP contribution is -2.35. The molecule has 1 aliphatic rings. The first kappa shape index (κ1) is 13.2. The minimum atomic E-state index is -0.0752. The van der Waals surface area contributed by atoms with E-state index in [1.807, 2.05) is 24.3 Å². The predicted molar refractivity (Wildman–Crippen MR) is 82.2 cm³/mol. The van der Waals surface area contributed by atoms with Gasteiger partial charge in [-0.05, 0) is 42.7 Å². The summed E-state index contributed by atoms with van der Waals surface area (Å²) in [5.41, 5.74) is 2.30. The van der Waals surface area contributed by atoms with E-state index >= 15 is 0 Å². The molecule has 102 valence electrons. The second-order valence-corrected chi connectivity index (χ2v) is 5.77. The molecular formula is C16H14BrNO2. The summed E-state index contributed by atoms with van der Waals surface area (Å²) in [5, 5.41) is 10.1. The van der Waals surface area contributed by atoms with Crippen molar-refractivity contribution in [2.24, 2.45) is 0 Å². The van der Waals surface area contributed by atoms with Gasteiger partial charge < -0.3 is 10.0 Å². The van der Waals surface area contributed by atoms with Crippen molar-refractivity contribution in [2.45, 2.75) is 12.8 Å².